The molecular weight excluding hydrogens is 446 g/mol. The van der Waals surface area contributed by atoms with E-state index in [9.17, 15) is 9.59 Å². The fourth-order valence-corrected chi connectivity index (χ4v) is 3.49. The van der Waals surface area contributed by atoms with Gasteiger partial charge in [-0.1, -0.05) is 84.4 Å². The fraction of sp³-hybridized carbons (Fsp3) is 0.0345. The van der Waals surface area contributed by atoms with Gasteiger partial charge in [-0.25, -0.2) is 0 Å². The lowest BCUT2D eigenvalue weighted by Gasteiger charge is -2.10. The van der Waals surface area contributed by atoms with Gasteiger partial charge in [-0.2, -0.15) is 0 Å². The van der Waals surface area contributed by atoms with Crippen LogP contribution in [-0.4, -0.2) is 11.7 Å². The van der Waals surface area contributed by atoms with Crippen LogP contribution >= 0.6 is 11.6 Å². The molecule has 0 spiro atoms. The van der Waals surface area contributed by atoms with Gasteiger partial charge in [-0.05, 0) is 47.5 Å². The summed E-state index contributed by atoms with van der Waals surface area (Å²) in [6.45, 7) is 0.490. The highest BCUT2D eigenvalue weighted by Crippen LogP contribution is 2.24. The lowest BCUT2D eigenvalue weighted by molar-refractivity contribution is -0.111. The zero-order chi connectivity index (χ0) is 23.8. The van der Waals surface area contributed by atoms with Crippen LogP contribution in [0.15, 0.2) is 109 Å². The summed E-state index contributed by atoms with van der Waals surface area (Å²) in [5.41, 5.74) is 3.19. The first-order valence-corrected chi connectivity index (χ1v) is 11.1. The molecule has 0 saturated heterocycles. The third-order valence-electron chi connectivity index (χ3n) is 5.08. The summed E-state index contributed by atoms with van der Waals surface area (Å²) in [4.78, 5) is 25.5. The van der Waals surface area contributed by atoms with Gasteiger partial charge in [-0.15, -0.1) is 0 Å². The standard InChI is InChI=1S/C29H22ClNO3/c30-24-14-17-27(26(19-24)29(33)23-9-5-2-6-10-23)31-28(32)18-13-21-11-15-25(16-12-21)34-20-22-7-3-1-4-8-22/h1-19H,20H2,(H,31,32). The highest BCUT2D eigenvalue weighted by molar-refractivity contribution is 6.31. The van der Waals surface area contributed by atoms with Gasteiger partial charge < -0.3 is 10.1 Å². The molecule has 0 fully saturated rings. The lowest BCUT2D eigenvalue weighted by atomic mass is 10.0. The second-order valence-electron chi connectivity index (χ2n) is 7.55. The number of hydrogen-bond acceptors (Lipinski definition) is 3. The average Bonchev–Trinajstić information content (AvgIpc) is 2.88. The Hall–Kier alpha value is -4.15. The van der Waals surface area contributed by atoms with E-state index in [1.54, 1.807) is 48.5 Å². The van der Waals surface area contributed by atoms with Gasteiger partial charge in [0.25, 0.3) is 0 Å². The van der Waals surface area contributed by atoms with Crippen molar-refractivity contribution in [3.8, 4) is 5.75 Å². The molecule has 0 saturated carbocycles. The average molecular weight is 468 g/mol. The van der Waals surface area contributed by atoms with Gasteiger partial charge in [0, 0.05) is 22.2 Å². The fourth-order valence-electron chi connectivity index (χ4n) is 3.32. The summed E-state index contributed by atoms with van der Waals surface area (Å²) in [5.74, 6) is 0.179. The summed E-state index contributed by atoms with van der Waals surface area (Å²) in [6.07, 6.45) is 3.12. The predicted octanol–water partition coefficient (Wildman–Crippen LogP) is 6.80. The Morgan fingerprint density at radius 1 is 0.824 bits per heavy atom. The molecule has 0 unspecified atom stereocenters. The smallest absolute Gasteiger partial charge is 0.248 e. The molecule has 0 atom stereocenters. The number of hydrogen-bond donors (Lipinski definition) is 1. The largest absolute Gasteiger partial charge is 0.489 e. The van der Waals surface area contributed by atoms with Gasteiger partial charge in [0.1, 0.15) is 12.4 Å². The predicted molar refractivity (Wildman–Crippen MR) is 136 cm³/mol. The van der Waals surface area contributed by atoms with E-state index >= 15 is 0 Å². The summed E-state index contributed by atoms with van der Waals surface area (Å²) in [6, 6.07) is 31.1. The molecule has 4 nitrogen and oxygen atoms in total. The number of amides is 1. The van der Waals surface area contributed by atoms with Gasteiger partial charge in [0.2, 0.25) is 5.91 Å². The zero-order valence-corrected chi connectivity index (χ0v) is 19.0. The van der Waals surface area contributed by atoms with Crippen molar-refractivity contribution >= 4 is 35.1 Å². The first kappa shape index (κ1) is 23.0. The van der Waals surface area contributed by atoms with E-state index in [2.05, 4.69) is 5.32 Å². The van der Waals surface area contributed by atoms with E-state index < -0.39 is 0 Å². The first-order valence-electron chi connectivity index (χ1n) is 10.7. The Morgan fingerprint density at radius 2 is 1.50 bits per heavy atom. The lowest BCUT2D eigenvalue weighted by Crippen LogP contribution is -2.12. The number of nitrogens with one attached hydrogen (secondary N) is 1. The molecule has 4 aromatic rings. The number of ether oxygens (including phenoxy) is 1. The third-order valence-corrected chi connectivity index (χ3v) is 5.31. The number of rotatable bonds is 8. The molecule has 5 heteroatoms. The van der Waals surface area contributed by atoms with Crippen molar-refractivity contribution in [1.82, 2.24) is 0 Å². The Bertz CT molecular complexity index is 1300. The zero-order valence-electron chi connectivity index (χ0n) is 18.3. The van der Waals surface area contributed by atoms with Crippen molar-refractivity contribution < 1.29 is 14.3 Å². The van der Waals surface area contributed by atoms with Crippen LogP contribution in [0, 0.1) is 0 Å². The van der Waals surface area contributed by atoms with Gasteiger partial charge in [0.15, 0.2) is 5.78 Å². The number of ketones is 1. The minimum atomic E-state index is -0.353. The van der Waals surface area contributed by atoms with Crippen LogP contribution < -0.4 is 10.1 Å². The van der Waals surface area contributed by atoms with Crippen LogP contribution in [0.1, 0.15) is 27.0 Å². The van der Waals surface area contributed by atoms with E-state index in [0.29, 0.717) is 28.4 Å². The molecule has 0 aliphatic carbocycles. The molecule has 0 heterocycles. The Labute approximate surface area is 203 Å². The minimum Gasteiger partial charge on any atom is -0.489 e. The van der Waals surface area contributed by atoms with Crippen molar-refractivity contribution in [2.75, 3.05) is 5.32 Å². The van der Waals surface area contributed by atoms with Crippen molar-refractivity contribution in [1.29, 1.82) is 0 Å². The highest BCUT2D eigenvalue weighted by atomic mass is 35.5. The van der Waals surface area contributed by atoms with Crippen molar-refractivity contribution in [2.24, 2.45) is 0 Å². The van der Waals surface area contributed by atoms with Gasteiger partial charge in [-0.3, -0.25) is 9.59 Å². The van der Waals surface area contributed by atoms with E-state index in [-0.39, 0.29) is 11.7 Å². The normalized spacial score (nSPS) is 10.7. The van der Waals surface area contributed by atoms with Crippen LogP contribution in [0.25, 0.3) is 6.08 Å². The maximum Gasteiger partial charge on any atom is 0.248 e. The summed E-state index contributed by atoms with van der Waals surface area (Å²) in [5, 5.41) is 3.20. The van der Waals surface area contributed by atoms with E-state index in [4.69, 9.17) is 16.3 Å². The van der Waals surface area contributed by atoms with E-state index in [1.807, 2.05) is 60.7 Å². The summed E-state index contributed by atoms with van der Waals surface area (Å²) < 4.78 is 5.79. The first-order chi connectivity index (χ1) is 16.6. The maximum atomic E-state index is 12.9. The van der Waals surface area contributed by atoms with Crippen LogP contribution in [0.3, 0.4) is 0 Å². The Kier molecular flexibility index (Phi) is 7.53. The Morgan fingerprint density at radius 3 is 2.21 bits per heavy atom. The molecular formula is C29H22ClNO3. The van der Waals surface area contributed by atoms with Crippen LogP contribution in [-0.2, 0) is 11.4 Å². The molecule has 0 radical (unpaired) electrons. The molecule has 4 rings (SSSR count). The molecule has 4 aromatic carbocycles. The second kappa shape index (κ2) is 11.1. The Balaban J connectivity index is 1.40. The molecule has 1 N–H and O–H groups in total. The van der Waals surface area contributed by atoms with Crippen molar-refractivity contribution in [3.05, 3.63) is 136 Å². The number of halogens is 1. The van der Waals surface area contributed by atoms with E-state index in [1.165, 1.54) is 6.08 Å². The van der Waals surface area contributed by atoms with E-state index in [0.717, 1.165) is 16.9 Å². The number of anilines is 1. The van der Waals surface area contributed by atoms with Gasteiger partial charge in [0.05, 0.1) is 5.69 Å². The number of carbonyl (C=O) groups is 2. The minimum absolute atomic E-state index is 0.214. The quantitative estimate of drug-likeness (QED) is 0.229. The van der Waals surface area contributed by atoms with Gasteiger partial charge >= 0.3 is 0 Å². The van der Waals surface area contributed by atoms with Crippen LogP contribution in [0.5, 0.6) is 5.75 Å². The molecule has 0 aliphatic heterocycles. The maximum absolute atomic E-state index is 12.9. The molecule has 34 heavy (non-hydrogen) atoms. The molecule has 0 bridgehead atoms. The van der Waals surface area contributed by atoms with Crippen molar-refractivity contribution in [3.63, 3.8) is 0 Å². The number of carbonyl (C=O) groups excluding carboxylic acids is 2. The second-order valence-corrected chi connectivity index (χ2v) is 7.99. The number of benzene rings is 4. The van der Waals surface area contributed by atoms with Crippen LogP contribution in [0.4, 0.5) is 5.69 Å². The topological polar surface area (TPSA) is 55.4 Å². The monoisotopic (exact) mass is 467 g/mol. The van der Waals surface area contributed by atoms with Crippen LogP contribution in [0.2, 0.25) is 5.02 Å². The highest BCUT2D eigenvalue weighted by Gasteiger charge is 2.15. The SMILES string of the molecule is O=C(C=Cc1ccc(OCc2ccccc2)cc1)Nc1ccc(Cl)cc1C(=O)c1ccccc1. The molecule has 1 amide bonds. The summed E-state index contributed by atoms with van der Waals surface area (Å²) >= 11 is 6.11. The third kappa shape index (κ3) is 6.21. The molecule has 0 aromatic heterocycles. The molecule has 168 valence electrons. The summed E-state index contributed by atoms with van der Waals surface area (Å²) in [7, 11) is 0. The molecule has 0 aliphatic rings. The van der Waals surface area contributed by atoms with Crippen molar-refractivity contribution in [2.45, 2.75) is 6.61 Å².